The maximum absolute atomic E-state index is 12.4. The summed E-state index contributed by atoms with van der Waals surface area (Å²) in [7, 11) is 1.61. The van der Waals surface area contributed by atoms with Crippen LogP contribution in [0.15, 0.2) is 75.0 Å². The number of nitrogens with one attached hydrogen (secondary N) is 1. The minimum atomic E-state index is -0.593. The minimum absolute atomic E-state index is 0.324. The first kappa shape index (κ1) is 26.8. The van der Waals surface area contributed by atoms with Gasteiger partial charge in [-0.05, 0) is 98.4 Å². The largest absolute Gasteiger partial charge is 0.497 e. The van der Waals surface area contributed by atoms with Crippen LogP contribution in [0.3, 0.4) is 0 Å². The van der Waals surface area contributed by atoms with Crippen LogP contribution in [0.25, 0.3) is 11.3 Å². The van der Waals surface area contributed by atoms with Crippen molar-refractivity contribution >= 4 is 60.2 Å². The van der Waals surface area contributed by atoms with E-state index in [0.29, 0.717) is 23.1 Å². The Morgan fingerprint density at radius 2 is 1.68 bits per heavy atom. The predicted octanol–water partition coefficient (Wildman–Crippen LogP) is 7.03. The predicted molar refractivity (Wildman–Crippen MR) is 150 cm³/mol. The van der Waals surface area contributed by atoms with Crippen LogP contribution in [0.1, 0.15) is 21.5 Å². The number of nitrogens with zero attached hydrogens (tertiary/aromatic N) is 1. The normalized spacial score (nSPS) is 10.6. The Morgan fingerprint density at radius 1 is 1.00 bits per heavy atom. The molecule has 0 radical (unpaired) electrons. The maximum Gasteiger partial charge on any atom is 0.338 e. The van der Waals surface area contributed by atoms with Gasteiger partial charge in [0.2, 0.25) is 0 Å². The van der Waals surface area contributed by atoms with Crippen molar-refractivity contribution in [1.82, 2.24) is 4.98 Å². The zero-order valence-electron chi connectivity index (χ0n) is 19.9. The highest BCUT2D eigenvalue weighted by Gasteiger charge is 2.13. The summed E-state index contributed by atoms with van der Waals surface area (Å²) in [5.74, 6) is 0.394. The Balaban J connectivity index is 1.26. The first-order valence-corrected chi connectivity index (χ1v) is 13.5. The van der Waals surface area contributed by atoms with Crippen molar-refractivity contribution in [1.29, 1.82) is 0 Å². The van der Waals surface area contributed by atoms with Crippen LogP contribution < -0.4 is 14.8 Å². The van der Waals surface area contributed by atoms with Crippen LogP contribution in [-0.4, -0.2) is 30.6 Å². The van der Waals surface area contributed by atoms with Gasteiger partial charge in [0.1, 0.15) is 18.1 Å². The number of carbonyl (C=O) groups excluding carboxylic acids is 2. The topological polar surface area (TPSA) is 86.8 Å². The number of aromatic nitrogens is 1. The molecule has 0 aliphatic rings. The van der Waals surface area contributed by atoms with Crippen molar-refractivity contribution in [3.63, 3.8) is 0 Å². The van der Waals surface area contributed by atoms with Gasteiger partial charge in [-0.2, -0.15) is 0 Å². The van der Waals surface area contributed by atoms with Crippen LogP contribution in [-0.2, 0) is 16.1 Å². The third-order valence-corrected chi connectivity index (χ3v) is 7.12. The van der Waals surface area contributed by atoms with Gasteiger partial charge in [0.15, 0.2) is 11.7 Å². The molecule has 1 amide bonds. The molecule has 0 aliphatic heterocycles. The monoisotopic (exact) mass is 644 g/mol. The van der Waals surface area contributed by atoms with E-state index in [0.717, 1.165) is 37.1 Å². The SMILES string of the molecule is COc1ccc(-c2csc(NC(=O)COC(=O)c3ccc(COc4c(Br)cc(C)cc4Br)cc3)n2)cc1. The Hall–Kier alpha value is -3.21. The molecule has 0 bridgehead atoms. The second-order valence-electron chi connectivity index (χ2n) is 7.93. The molecule has 4 aromatic rings. The number of esters is 1. The number of aryl methyl sites for hydroxylation is 1. The molecule has 0 fully saturated rings. The molecule has 1 N–H and O–H groups in total. The zero-order valence-corrected chi connectivity index (χ0v) is 23.9. The summed E-state index contributed by atoms with van der Waals surface area (Å²) in [5.41, 5.74) is 3.95. The lowest BCUT2D eigenvalue weighted by Gasteiger charge is -2.11. The van der Waals surface area contributed by atoms with Crippen LogP contribution in [0.2, 0.25) is 0 Å². The van der Waals surface area contributed by atoms with Gasteiger partial charge in [0.25, 0.3) is 5.91 Å². The molecule has 0 atom stereocenters. The van der Waals surface area contributed by atoms with Crippen molar-refractivity contribution < 1.29 is 23.8 Å². The van der Waals surface area contributed by atoms with Crippen molar-refractivity contribution in [3.8, 4) is 22.8 Å². The number of rotatable bonds is 9. The van der Waals surface area contributed by atoms with Crippen molar-refractivity contribution in [2.45, 2.75) is 13.5 Å². The number of halogens is 2. The lowest BCUT2D eigenvalue weighted by molar-refractivity contribution is -0.119. The summed E-state index contributed by atoms with van der Waals surface area (Å²) in [6.07, 6.45) is 0. The Bertz CT molecular complexity index is 1380. The van der Waals surface area contributed by atoms with Crippen LogP contribution in [0.5, 0.6) is 11.5 Å². The van der Waals surface area contributed by atoms with Gasteiger partial charge in [-0.25, -0.2) is 9.78 Å². The smallest absolute Gasteiger partial charge is 0.338 e. The van der Waals surface area contributed by atoms with E-state index in [1.165, 1.54) is 11.3 Å². The Morgan fingerprint density at radius 3 is 2.32 bits per heavy atom. The number of amides is 1. The molecule has 37 heavy (non-hydrogen) atoms. The lowest BCUT2D eigenvalue weighted by Crippen LogP contribution is -2.20. The van der Waals surface area contributed by atoms with Crippen LogP contribution in [0, 0.1) is 6.92 Å². The van der Waals surface area contributed by atoms with Gasteiger partial charge in [0, 0.05) is 10.9 Å². The fourth-order valence-electron chi connectivity index (χ4n) is 3.31. The summed E-state index contributed by atoms with van der Waals surface area (Å²) in [5, 5.41) is 4.92. The first-order chi connectivity index (χ1) is 17.8. The highest BCUT2D eigenvalue weighted by atomic mass is 79.9. The molecular weight excluding hydrogens is 624 g/mol. The number of ether oxygens (including phenoxy) is 3. The van der Waals surface area contributed by atoms with E-state index in [4.69, 9.17) is 14.2 Å². The number of methoxy groups -OCH3 is 1. The minimum Gasteiger partial charge on any atom is -0.497 e. The molecule has 0 unspecified atom stereocenters. The van der Waals surface area contributed by atoms with Gasteiger partial charge in [-0.3, -0.25) is 10.1 Å². The van der Waals surface area contributed by atoms with Crippen LogP contribution in [0.4, 0.5) is 5.13 Å². The third-order valence-electron chi connectivity index (χ3n) is 5.19. The molecule has 190 valence electrons. The van der Waals surface area contributed by atoms with Crippen molar-refractivity contribution in [3.05, 3.63) is 91.7 Å². The van der Waals surface area contributed by atoms with Crippen LogP contribution >= 0.6 is 43.2 Å². The quantitative estimate of drug-likeness (QED) is 0.197. The molecule has 3 aromatic carbocycles. The summed E-state index contributed by atoms with van der Waals surface area (Å²) >= 11 is 8.31. The van der Waals surface area contributed by atoms with E-state index in [1.54, 1.807) is 31.4 Å². The zero-order chi connectivity index (χ0) is 26.4. The number of carbonyl (C=O) groups is 2. The van der Waals surface area contributed by atoms with Gasteiger partial charge in [0.05, 0.1) is 27.3 Å². The van der Waals surface area contributed by atoms with E-state index in [1.807, 2.05) is 48.7 Å². The van der Waals surface area contributed by atoms with E-state index in [-0.39, 0.29) is 0 Å². The molecule has 4 rings (SSSR count). The summed E-state index contributed by atoms with van der Waals surface area (Å²) in [6, 6.07) is 18.2. The van der Waals surface area contributed by atoms with Crippen molar-refractivity contribution in [2.75, 3.05) is 19.0 Å². The average molecular weight is 646 g/mol. The number of hydrogen-bond donors (Lipinski definition) is 1. The summed E-state index contributed by atoms with van der Waals surface area (Å²) < 4.78 is 17.9. The number of hydrogen-bond acceptors (Lipinski definition) is 7. The number of benzene rings is 3. The second kappa shape index (κ2) is 12.4. The highest BCUT2D eigenvalue weighted by molar-refractivity contribution is 9.11. The molecule has 0 saturated carbocycles. The molecule has 0 saturated heterocycles. The summed E-state index contributed by atoms with van der Waals surface area (Å²) in [6.45, 7) is 1.90. The van der Waals surface area contributed by atoms with E-state index >= 15 is 0 Å². The second-order valence-corrected chi connectivity index (χ2v) is 10.5. The molecular formula is C27H22Br2N2O5S. The summed E-state index contributed by atoms with van der Waals surface area (Å²) in [4.78, 5) is 29.1. The van der Waals surface area contributed by atoms with Gasteiger partial charge < -0.3 is 14.2 Å². The molecule has 1 heterocycles. The van der Waals surface area contributed by atoms with Crippen molar-refractivity contribution in [2.24, 2.45) is 0 Å². The molecule has 1 aromatic heterocycles. The lowest BCUT2D eigenvalue weighted by atomic mass is 10.1. The van der Waals surface area contributed by atoms with Gasteiger partial charge in [-0.1, -0.05) is 12.1 Å². The molecule has 7 nitrogen and oxygen atoms in total. The highest BCUT2D eigenvalue weighted by Crippen LogP contribution is 2.35. The fourth-order valence-corrected chi connectivity index (χ4v) is 5.69. The van der Waals surface area contributed by atoms with E-state index in [2.05, 4.69) is 42.2 Å². The molecule has 0 aliphatic carbocycles. The molecule has 0 spiro atoms. The Labute approximate surface area is 235 Å². The molecule has 10 heteroatoms. The Kier molecular flexibility index (Phi) is 8.96. The third kappa shape index (κ3) is 7.18. The first-order valence-electron chi connectivity index (χ1n) is 11.1. The van der Waals surface area contributed by atoms with Gasteiger partial charge >= 0.3 is 5.97 Å². The van der Waals surface area contributed by atoms with Gasteiger partial charge in [-0.15, -0.1) is 11.3 Å². The van der Waals surface area contributed by atoms with E-state index in [9.17, 15) is 9.59 Å². The number of thiazole rings is 1. The number of anilines is 1. The maximum atomic E-state index is 12.4. The average Bonchev–Trinajstić information content (AvgIpc) is 3.35. The fraction of sp³-hybridized carbons (Fsp3) is 0.148. The standard InChI is InChI=1S/C27H22Br2N2O5S/c1-16-11-21(28)25(22(29)12-16)35-13-17-3-5-19(6-4-17)26(33)36-14-24(32)31-27-30-23(15-37-27)18-7-9-20(34-2)10-8-18/h3-12,15H,13-14H2,1-2H3,(H,30,31,32). The van der Waals surface area contributed by atoms with E-state index < -0.39 is 18.5 Å².